The lowest BCUT2D eigenvalue weighted by atomic mass is 9.93. The number of methoxy groups -OCH3 is 2. The van der Waals surface area contributed by atoms with Gasteiger partial charge in [0, 0.05) is 26.6 Å². The molecule has 27 heavy (non-hydrogen) atoms. The summed E-state index contributed by atoms with van der Waals surface area (Å²) in [6.07, 6.45) is 5.88. The molecule has 6 heteroatoms. The topological polar surface area (TPSA) is 74.2 Å². The third kappa shape index (κ3) is 6.06. The van der Waals surface area contributed by atoms with Crippen molar-refractivity contribution in [3.8, 4) is 5.75 Å². The minimum atomic E-state index is -0.451. The Morgan fingerprint density at radius 3 is 2.78 bits per heavy atom. The number of cyclic esters (lactones) is 1. The summed E-state index contributed by atoms with van der Waals surface area (Å²) < 4.78 is 22.0. The zero-order valence-corrected chi connectivity index (χ0v) is 16.3. The van der Waals surface area contributed by atoms with Gasteiger partial charge in [-0.1, -0.05) is 31.2 Å². The van der Waals surface area contributed by atoms with Crippen molar-refractivity contribution in [3.63, 3.8) is 0 Å². The lowest BCUT2D eigenvalue weighted by molar-refractivity contribution is -0.104. The Hall–Kier alpha value is -1.89. The molecule has 0 aromatic heterocycles. The fourth-order valence-corrected chi connectivity index (χ4v) is 3.28. The molecular weight excluding hydrogens is 348 g/mol. The van der Waals surface area contributed by atoms with Crippen molar-refractivity contribution in [3.05, 3.63) is 41.5 Å². The third-order valence-corrected chi connectivity index (χ3v) is 4.80. The first-order valence-corrected chi connectivity index (χ1v) is 9.33. The highest BCUT2D eigenvalue weighted by molar-refractivity contribution is 5.94. The van der Waals surface area contributed by atoms with Gasteiger partial charge in [0.25, 0.3) is 0 Å². The molecule has 3 atom stereocenters. The Kier molecular flexibility index (Phi) is 8.78. The van der Waals surface area contributed by atoms with Gasteiger partial charge in [-0.15, -0.1) is 0 Å². The number of benzene rings is 1. The van der Waals surface area contributed by atoms with E-state index in [1.165, 1.54) is 7.11 Å². The predicted octanol–water partition coefficient (Wildman–Crippen LogP) is 3.12. The summed E-state index contributed by atoms with van der Waals surface area (Å²) in [7, 11) is 3.12. The quantitative estimate of drug-likeness (QED) is 0.466. The van der Waals surface area contributed by atoms with Crippen LogP contribution in [0, 0.1) is 5.92 Å². The second-order valence-corrected chi connectivity index (χ2v) is 6.77. The van der Waals surface area contributed by atoms with E-state index in [2.05, 4.69) is 19.1 Å². The van der Waals surface area contributed by atoms with Gasteiger partial charge in [0.05, 0.1) is 13.2 Å². The van der Waals surface area contributed by atoms with Gasteiger partial charge in [-0.2, -0.15) is 0 Å². The molecule has 1 aliphatic heterocycles. The average Bonchev–Trinajstić information content (AvgIpc) is 2.67. The lowest BCUT2D eigenvalue weighted by Gasteiger charge is -2.28. The molecule has 150 valence electrons. The van der Waals surface area contributed by atoms with Crippen molar-refractivity contribution >= 4 is 5.97 Å². The molecule has 1 unspecified atom stereocenters. The van der Waals surface area contributed by atoms with Gasteiger partial charge in [-0.05, 0) is 30.4 Å². The van der Waals surface area contributed by atoms with Crippen LogP contribution in [0.1, 0.15) is 42.1 Å². The van der Waals surface area contributed by atoms with Crippen LogP contribution in [0.5, 0.6) is 5.75 Å². The Balaban J connectivity index is 2.34. The number of carbonyl (C=O) groups excluding carboxylic acids is 1. The van der Waals surface area contributed by atoms with E-state index in [0.717, 1.165) is 12.0 Å². The van der Waals surface area contributed by atoms with Gasteiger partial charge in [0.15, 0.2) is 0 Å². The minimum Gasteiger partial charge on any atom is -0.496 e. The van der Waals surface area contributed by atoms with E-state index in [1.54, 1.807) is 13.2 Å². The molecule has 0 fully saturated rings. The summed E-state index contributed by atoms with van der Waals surface area (Å²) in [5, 5.41) is 9.42. The molecule has 1 aliphatic rings. The average molecular weight is 378 g/mol. The fourth-order valence-electron chi connectivity index (χ4n) is 3.28. The maximum atomic E-state index is 12.9. The SMILES string of the molecule is COCO[C@@H]1CC(CCO)OC(=O)c2c(cccc2OC)C/C=C/C[C@@H]1C. The first-order chi connectivity index (χ1) is 13.1. The molecule has 0 saturated heterocycles. The standard InChI is InChI=1S/C21H30O6/c1-15-7-4-5-8-16-9-6-10-18(25-3)20(16)21(23)27-17(11-12-22)13-19(15)26-14-24-2/h4-6,9-10,15,17,19,22H,7-8,11-14H2,1-3H3/b5-4+/t15-,17?,19+/m0/s1. The highest BCUT2D eigenvalue weighted by Gasteiger charge is 2.27. The van der Waals surface area contributed by atoms with E-state index in [1.807, 2.05) is 12.1 Å². The second-order valence-electron chi connectivity index (χ2n) is 6.77. The highest BCUT2D eigenvalue weighted by atomic mass is 16.7. The number of aliphatic hydroxyl groups excluding tert-OH is 1. The van der Waals surface area contributed by atoms with Crippen molar-refractivity contribution < 1.29 is 28.8 Å². The molecule has 0 aliphatic carbocycles. The van der Waals surface area contributed by atoms with E-state index < -0.39 is 12.1 Å². The first-order valence-electron chi connectivity index (χ1n) is 9.33. The molecule has 0 saturated carbocycles. The van der Waals surface area contributed by atoms with Crippen LogP contribution >= 0.6 is 0 Å². The summed E-state index contributed by atoms with van der Waals surface area (Å²) in [5.74, 6) is 0.278. The van der Waals surface area contributed by atoms with Gasteiger partial charge >= 0.3 is 5.97 Å². The molecule has 0 amide bonds. The molecule has 2 rings (SSSR count). The predicted molar refractivity (Wildman–Crippen MR) is 102 cm³/mol. The monoisotopic (exact) mass is 378 g/mol. The molecule has 1 aromatic rings. The maximum absolute atomic E-state index is 12.9. The van der Waals surface area contributed by atoms with E-state index in [9.17, 15) is 9.90 Å². The zero-order chi connectivity index (χ0) is 19.6. The normalized spacial score (nSPS) is 24.9. The zero-order valence-electron chi connectivity index (χ0n) is 16.3. The Bertz CT molecular complexity index is 627. The number of rotatable bonds is 6. The van der Waals surface area contributed by atoms with E-state index in [-0.39, 0.29) is 25.4 Å². The van der Waals surface area contributed by atoms with Gasteiger partial charge in [-0.25, -0.2) is 4.79 Å². The van der Waals surface area contributed by atoms with Crippen molar-refractivity contribution in [1.29, 1.82) is 0 Å². The van der Waals surface area contributed by atoms with Gasteiger partial charge < -0.3 is 24.1 Å². The van der Waals surface area contributed by atoms with Crippen LogP contribution in [0.25, 0.3) is 0 Å². The summed E-state index contributed by atoms with van der Waals surface area (Å²) in [4.78, 5) is 12.9. The number of allylic oxidation sites excluding steroid dienone is 2. The van der Waals surface area contributed by atoms with Crippen LogP contribution in [0.3, 0.4) is 0 Å². The van der Waals surface area contributed by atoms with Crippen LogP contribution < -0.4 is 4.74 Å². The van der Waals surface area contributed by atoms with Crippen LogP contribution in [0.15, 0.2) is 30.4 Å². The second kappa shape index (κ2) is 11.1. The fraction of sp³-hybridized carbons (Fsp3) is 0.571. The summed E-state index contributed by atoms with van der Waals surface area (Å²) >= 11 is 0. The molecule has 0 spiro atoms. The third-order valence-electron chi connectivity index (χ3n) is 4.80. The smallest absolute Gasteiger partial charge is 0.342 e. The highest BCUT2D eigenvalue weighted by Crippen LogP contribution is 2.27. The van der Waals surface area contributed by atoms with E-state index in [0.29, 0.717) is 30.6 Å². The summed E-state index contributed by atoms with van der Waals surface area (Å²) in [6.45, 7) is 2.21. The Morgan fingerprint density at radius 2 is 2.07 bits per heavy atom. The van der Waals surface area contributed by atoms with Gasteiger partial charge in [0.2, 0.25) is 0 Å². The molecule has 1 aromatic carbocycles. The van der Waals surface area contributed by atoms with Crippen LogP contribution in [-0.4, -0.2) is 50.9 Å². The number of carbonyl (C=O) groups is 1. The summed E-state index contributed by atoms with van der Waals surface area (Å²) in [6, 6.07) is 5.53. The molecule has 0 bridgehead atoms. The Morgan fingerprint density at radius 1 is 1.26 bits per heavy atom. The van der Waals surface area contributed by atoms with E-state index >= 15 is 0 Å². The maximum Gasteiger partial charge on any atom is 0.342 e. The van der Waals surface area contributed by atoms with Crippen LogP contribution in [-0.2, 0) is 20.6 Å². The molecule has 0 radical (unpaired) electrons. The number of esters is 1. The van der Waals surface area contributed by atoms with Crippen molar-refractivity contribution in [2.45, 2.75) is 44.8 Å². The molecular formula is C21H30O6. The number of hydrogen-bond donors (Lipinski definition) is 1. The van der Waals surface area contributed by atoms with Gasteiger partial charge in [-0.3, -0.25) is 0 Å². The number of hydrogen-bond acceptors (Lipinski definition) is 6. The van der Waals surface area contributed by atoms with Crippen molar-refractivity contribution in [1.82, 2.24) is 0 Å². The minimum absolute atomic E-state index is 0.0675. The molecule has 6 nitrogen and oxygen atoms in total. The van der Waals surface area contributed by atoms with E-state index in [4.69, 9.17) is 18.9 Å². The molecule has 1 N–H and O–H groups in total. The Labute approximate surface area is 161 Å². The molecule has 1 heterocycles. The largest absolute Gasteiger partial charge is 0.496 e. The van der Waals surface area contributed by atoms with Crippen LogP contribution in [0.4, 0.5) is 0 Å². The number of ether oxygens (including phenoxy) is 4. The van der Waals surface area contributed by atoms with Crippen molar-refractivity contribution in [2.75, 3.05) is 27.6 Å². The van der Waals surface area contributed by atoms with Gasteiger partial charge in [0.1, 0.15) is 24.2 Å². The van der Waals surface area contributed by atoms with Crippen LogP contribution in [0.2, 0.25) is 0 Å². The lowest BCUT2D eigenvalue weighted by Crippen LogP contribution is -2.31. The van der Waals surface area contributed by atoms with Crippen molar-refractivity contribution in [2.24, 2.45) is 5.92 Å². The number of aliphatic hydroxyl groups is 1. The number of fused-ring (bicyclic) bond motifs is 1. The summed E-state index contributed by atoms with van der Waals surface area (Å²) in [5.41, 5.74) is 1.30. The first kappa shape index (κ1) is 21.4.